The third-order valence-corrected chi connectivity index (χ3v) is 3.95. The van der Waals surface area contributed by atoms with Crippen molar-refractivity contribution in [2.24, 2.45) is 11.7 Å². The first-order valence-corrected chi connectivity index (χ1v) is 8.24. The molecule has 3 nitrogen and oxygen atoms in total. The van der Waals surface area contributed by atoms with Crippen LogP contribution in [0.2, 0.25) is 5.02 Å². The maximum atomic E-state index is 11.8. The molecule has 1 aromatic rings. The summed E-state index contributed by atoms with van der Waals surface area (Å²) in [5.41, 5.74) is 6.80. The van der Waals surface area contributed by atoms with Crippen LogP contribution in [-0.4, -0.2) is 19.0 Å². The van der Waals surface area contributed by atoms with Gasteiger partial charge in [-0.2, -0.15) is 0 Å². The van der Waals surface area contributed by atoms with Gasteiger partial charge in [0.1, 0.15) is 0 Å². The molecule has 3 N–H and O–H groups in total. The molecule has 1 atom stereocenters. The van der Waals surface area contributed by atoms with Crippen LogP contribution in [0.25, 0.3) is 0 Å². The Morgan fingerprint density at radius 3 is 2.57 bits per heavy atom. The SMILES string of the molecule is CCCC(CCN)CCC(=O)NCCc1ccc(Cl)cc1. The third kappa shape index (κ3) is 8.08. The van der Waals surface area contributed by atoms with Gasteiger partial charge in [-0.05, 0) is 49.4 Å². The van der Waals surface area contributed by atoms with E-state index >= 15 is 0 Å². The average molecular weight is 311 g/mol. The predicted octanol–water partition coefficient (Wildman–Crippen LogP) is 3.54. The lowest BCUT2D eigenvalue weighted by atomic mass is 9.94. The summed E-state index contributed by atoms with van der Waals surface area (Å²) < 4.78 is 0. The van der Waals surface area contributed by atoms with Crippen LogP contribution in [-0.2, 0) is 11.2 Å². The van der Waals surface area contributed by atoms with Crippen molar-refractivity contribution in [3.63, 3.8) is 0 Å². The molecule has 21 heavy (non-hydrogen) atoms. The Balaban J connectivity index is 2.19. The Labute approximate surface area is 133 Å². The normalized spacial score (nSPS) is 12.1. The van der Waals surface area contributed by atoms with Crippen LogP contribution in [0.5, 0.6) is 0 Å². The second-order valence-corrected chi connectivity index (χ2v) is 5.93. The van der Waals surface area contributed by atoms with E-state index in [-0.39, 0.29) is 5.91 Å². The molecule has 0 heterocycles. The molecule has 0 bridgehead atoms. The molecule has 0 aliphatic heterocycles. The molecule has 0 saturated carbocycles. The van der Waals surface area contributed by atoms with Gasteiger partial charge < -0.3 is 11.1 Å². The van der Waals surface area contributed by atoms with Crippen molar-refractivity contribution in [1.82, 2.24) is 5.32 Å². The number of nitrogens with one attached hydrogen (secondary N) is 1. The molecule has 1 rings (SSSR count). The maximum absolute atomic E-state index is 11.8. The number of benzene rings is 1. The van der Waals surface area contributed by atoms with Gasteiger partial charge >= 0.3 is 0 Å². The number of carbonyl (C=O) groups excluding carboxylic acids is 1. The molecule has 1 aromatic carbocycles. The molecule has 1 unspecified atom stereocenters. The van der Waals surface area contributed by atoms with E-state index in [2.05, 4.69) is 12.2 Å². The van der Waals surface area contributed by atoms with E-state index in [4.69, 9.17) is 17.3 Å². The topological polar surface area (TPSA) is 55.1 Å². The molecule has 0 spiro atoms. The third-order valence-electron chi connectivity index (χ3n) is 3.70. The largest absolute Gasteiger partial charge is 0.356 e. The van der Waals surface area contributed by atoms with Gasteiger partial charge in [0.05, 0.1) is 0 Å². The molecule has 0 radical (unpaired) electrons. The summed E-state index contributed by atoms with van der Waals surface area (Å²) >= 11 is 5.84. The molecule has 0 aliphatic rings. The van der Waals surface area contributed by atoms with Gasteiger partial charge in [-0.3, -0.25) is 4.79 Å². The Bertz CT molecular complexity index is 400. The van der Waals surface area contributed by atoms with Crippen LogP contribution in [0.3, 0.4) is 0 Å². The second-order valence-electron chi connectivity index (χ2n) is 5.50. The number of carbonyl (C=O) groups is 1. The van der Waals surface area contributed by atoms with Crippen molar-refractivity contribution in [3.05, 3.63) is 34.9 Å². The molecule has 0 fully saturated rings. The smallest absolute Gasteiger partial charge is 0.220 e. The van der Waals surface area contributed by atoms with Crippen LogP contribution in [0.4, 0.5) is 0 Å². The van der Waals surface area contributed by atoms with Crippen molar-refractivity contribution < 1.29 is 4.79 Å². The Morgan fingerprint density at radius 2 is 1.95 bits per heavy atom. The zero-order valence-corrected chi connectivity index (χ0v) is 13.7. The summed E-state index contributed by atoms with van der Waals surface area (Å²) in [4.78, 5) is 11.8. The van der Waals surface area contributed by atoms with Gasteiger partial charge in [-0.1, -0.05) is 43.5 Å². The number of nitrogens with two attached hydrogens (primary N) is 1. The predicted molar refractivity (Wildman–Crippen MR) is 89.5 cm³/mol. The highest BCUT2D eigenvalue weighted by Gasteiger charge is 2.09. The quantitative estimate of drug-likeness (QED) is 0.694. The fraction of sp³-hybridized carbons (Fsp3) is 0.588. The van der Waals surface area contributed by atoms with E-state index in [0.29, 0.717) is 25.4 Å². The first-order chi connectivity index (χ1) is 10.2. The first kappa shape index (κ1) is 18.0. The van der Waals surface area contributed by atoms with Gasteiger partial charge in [0, 0.05) is 18.0 Å². The van der Waals surface area contributed by atoms with Gasteiger partial charge in [-0.15, -0.1) is 0 Å². The molecule has 4 heteroatoms. The van der Waals surface area contributed by atoms with E-state index < -0.39 is 0 Å². The lowest BCUT2D eigenvalue weighted by molar-refractivity contribution is -0.121. The van der Waals surface area contributed by atoms with Crippen LogP contribution in [0.1, 0.15) is 44.6 Å². The zero-order valence-electron chi connectivity index (χ0n) is 12.9. The Morgan fingerprint density at radius 1 is 1.24 bits per heavy atom. The monoisotopic (exact) mass is 310 g/mol. The van der Waals surface area contributed by atoms with Crippen molar-refractivity contribution in [2.75, 3.05) is 13.1 Å². The highest BCUT2D eigenvalue weighted by Crippen LogP contribution is 2.16. The van der Waals surface area contributed by atoms with Crippen molar-refractivity contribution in [3.8, 4) is 0 Å². The first-order valence-electron chi connectivity index (χ1n) is 7.87. The maximum Gasteiger partial charge on any atom is 0.220 e. The molecular weight excluding hydrogens is 284 g/mol. The highest BCUT2D eigenvalue weighted by atomic mass is 35.5. The summed E-state index contributed by atoms with van der Waals surface area (Å²) in [5, 5.41) is 3.72. The van der Waals surface area contributed by atoms with Crippen molar-refractivity contribution in [1.29, 1.82) is 0 Å². The zero-order chi connectivity index (χ0) is 15.5. The highest BCUT2D eigenvalue weighted by molar-refractivity contribution is 6.30. The lowest BCUT2D eigenvalue weighted by Crippen LogP contribution is -2.26. The fourth-order valence-corrected chi connectivity index (χ4v) is 2.62. The summed E-state index contributed by atoms with van der Waals surface area (Å²) in [6.45, 7) is 3.56. The van der Waals surface area contributed by atoms with Gasteiger partial charge in [0.25, 0.3) is 0 Å². The minimum atomic E-state index is 0.141. The van der Waals surface area contributed by atoms with Crippen LogP contribution in [0.15, 0.2) is 24.3 Å². The van der Waals surface area contributed by atoms with Gasteiger partial charge in [0.15, 0.2) is 0 Å². The minimum Gasteiger partial charge on any atom is -0.356 e. The van der Waals surface area contributed by atoms with Crippen LogP contribution >= 0.6 is 11.6 Å². The molecule has 0 aromatic heterocycles. The van der Waals surface area contributed by atoms with E-state index in [9.17, 15) is 4.79 Å². The molecule has 118 valence electrons. The summed E-state index contributed by atoms with van der Waals surface area (Å²) in [6.07, 6.45) is 5.72. The number of hydrogen-bond donors (Lipinski definition) is 2. The summed E-state index contributed by atoms with van der Waals surface area (Å²) in [7, 11) is 0. The average Bonchev–Trinajstić information content (AvgIpc) is 2.47. The van der Waals surface area contributed by atoms with E-state index in [1.165, 1.54) is 5.56 Å². The molecule has 0 saturated heterocycles. The Kier molecular flexibility index (Phi) is 9.11. The summed E-state index contributed by atoms with van der Waals surface area (Å²) in [6, 6.07) is 7.74. The summed E-state index contributed by atoms with van der Waals surface area (Å²) in [5.74, 6) is 0.726. The van der Waals surface area contributed by atoms with E-state index in [1.807, 2.05) is 24.3 Å². The molecular formula is C17H27ClN2O. The van der Waals surface area contributed by atoms with Crippen LogP contribution in [0, 0.1) is 5.92 Å². The minimum absolute atomic E-state index is 0.141. The van der Waals surface area contributed by atoms with Crippen LogP contribution < -0.4 is 11.1 Å². The number of rotatable bonds is 10. The molecule has 0 aliphatic carbocycles. The standard InChI is InChI=1S/C17H27ClN2O/c1-2-3-14(10-12-19)6-9-17(21)20-13-11-15-4-7-16(18)8-5-15/h4-5,7-8,14H,2-3,6,9-13,19H2,1H3,(H,20,21). The van der Waals surface area contributed by atoms with Crippen molar-refractivity contribution >= 4 is 17.5 Å². The van der Waals surface area contributed by atoms with E-state index in [1.54, 1.807) is 0 Å². The van der Waals surface area contributed by atoms with Gasteiger partial charge in [-0.25, -0.2) is 0 Å². The Hall–Kier alpha value is -1.06. The lowest BCUT2D eigenvalue weighted by Gasteiger charge is -2.14. The number of hydrogen-bond acceptors (Lipinski definition) is 2. The molecule has 1 amide bonds. The fourth-order valence-electron chi connectivity index (χ4n) is 2.50. The van der Waals surface area contributed by atoms with Gasteiger partial charge in [0.2, 0.25) is 5.91 Å². The number of halogens is 1. The second kappa shape index (κ2) is 10.6. The number of amides is 1. The van der Waals surface area contributed by atoms with Crippen molar-refractivity contribution in [2.45, 2.75) is 45.4 Å². The van der Waals surface area contributed by atoms with E-state index in [0.717, 1.165) is 37.1 Å².